The Balaban J connectivity index is 2.64. The molecule has 1 rings (SSSR count). The lowest BCUT2D eigenvalue weighted by Gasteiger charge is -2.32. The molecule has 1 aliphatic carbocycles. The Morgan fingerprint density at radius 1 is 1.64 bits per heavy atom. The summed E-state index contributed by atoms with van der Waals surface area (Å²) in [5, 5.41) is 10.1. The first-order valence-electron chi connectivity index (χ1n) is 5.07. The Kier molecular flexibility index (Phi) is 3.64. The minimum absolute atomic E-state index is 0.238. The third kappa shape index (κ3) is 2.81. The van der Waals surface area contributed by atoms with Crippen LogP contribution in [0.3, 0.4) is 0 Å². The second-order valence-electron chi connectivity index (χ2n) is 4.24. The van der Waals surface area contributed by atoms with E-state index in [1.54, 1.807) is 13.0 Å². The zero-order valence-corrected chi connectivity index (χ0v) is 8.86. The van der Waals surface area contributed by atoms with Gasteiger partial charge in [0.15, 0.2) is 0 Å². The normalized spacial score (nSPS) is 27.1. The van der Waals surface area contributed by atoms with Gasteiger partial charge in [0, 0.05) is 0 Å². The minimum atomic E-state index is -0.849. The van der Waals surface area contributed by atoms with Gasteiger partial charge in [0.1, 0.15) is 6.29 Å². The standard InChI is InChI=1S/C12H18O2/c1-10-4-6-11(7-5-10)12(2,14)8-3-9-13/h3-4,8-9,11,14H,5-7H2,1-2H3/b8-3+. The molecule has 78 valence electrons. The highest BCUT2D eigenvalue weighted by atomic mass is 16.3. The van der Waals surface area contributed by atoms with E-state index in [9.17, 15) is 9.90 Å². The van der Waals surface area contributed by atoms with Crippen molar-refractivity contribution >= 4 is 6.29 Å². The van der Waals surface area contributed by atoms with Crippen LogP contribution in [-0.2, 0) is 4.79 Å². The van der Waals surface area contributed by atoms with Gasteiger partial charge >= 0.3 is 0 Å². The summed E-state index contributed by atoms with van der Waals surface area (Å²) >= 11 is 0. The summed E-state index contributed by atoms with van der Waals surface area (Å²) in [7, 11) is 0. The number of rotatable bonds is 3. The number of aliphatic hydroxyl groups is 1. The zero-order valence-electron chi connectivity index (χ0n) is 8.86. The van der Waals surface area contributed by atoms with Crippen LogP contribution in [0.1, 0.15) is 33.1 Å². The van der Waals surface area contributed by atoms with E-state index in [0.717, 1.165) is 19.3 Å². The molecule has 0 fully saturated rings. The maximum absolute atomic E-state index is 10.2. The number of carbonyl (C=O) groups is 1. The van der Waals surface area contributed by atoms with E-state index in [4.69, 9.17) is 0 Å². The molecule has 0 spiro atoms. The van der Waals surface area contributed by atoms with Crippen molar-refractivity contribution in [3.8, 4) is 0 Å². The van der Waals surface area contributed by atoms with Crippen LogP contribution in [0.5, 0.6) is 0 Å². The lowest BCUT2D eigenvalue weighted by Crippen LogP contribution is -2.33. The Labute approximate surface area is 85.3 Å². The van der Waals surface area contributed by atoms with Crippen LogP contribution >= 0.6 is 0 Å². The zero-order chi connectivity index (χ0) is 10.6. The molecule has 2 atom stereocenters. The van der Waals surface area contributed by atoms with Crippen molar-refractivity contribution < 1.29 is 9.90 Å². The molecule has 0 aromatic rings. The van der Waals surface area contributed by atoms with Gasteiger partial charge in [-0.3, -0.25) is 4.79 Å². The number of hydrogen-bond donors (Lipinski definition) is 1. The summed E-state index contributed by atoms with van der Waals surface area (Å²) in [5.41, 5.74) is 0.550. The fraction of sp³-hybridized carbons (Fsp3) is 0.583. The molecule has 0 aromatic carbocycles. The molecule has 0 saturated carbocycles. The molecule has 0 bridgehead atoms. The van der Waals surface area contributed by atoms with Gasteiger partial charge in [0.2, 0.25) is 0 Å². The SMILES string of the molecule is CC1=CCC(C(C)(O)/C=C/C=O)CC1. The van der Waals surface area contributed by atoms with Crippen molar-refractivity contribution in [2.45, 2.75) is 38.7 Å². The molecule has 2 heteroatoms. The van der Waals surface area contributed by atoms with Gasteiger partial charge in [0.25, 0.3) is 0 Å². The largest absolute Gasteiger partial charge is 0.386 e. The molecule has 0 heterocycles. The maximum atomic E-state index is 10.2. The lowest BCUT2D eigenvalue weighted by molar-refractivity contribution is -0.104. The van der Waals surface area contributed by atoms with Crippen molar-refractivity contribution in [3.63, 3.8) is 0 Å². The van der Waals surface area contributed by atoms with E-state index >= 15 is 0 Å². The minimum Gasteiger partial charge on any atom is -0.386 e. The first-order chi connectivity index (χ1) is 6.56. The fourth-order valence-electron chi connectivity index (χ4n) is 1.87. The second kappa shape index (κ2) is 4.56. The predicted molar refractivity (Wildman–Crippen MR) is 56.9 cm³/mol. The quantitative estimate of drug-likeness (QED) is 0.425. The van der Waals surface area contributed by atoms with E-state index in [1.807, 2.05) is 0 Å². The van der Waals surface area contributed by atoms with Crippen LogP contribution in [0.4, 0.5) is 0 Å². The van der Waals surface area contributed by atoms with E-state index in [1.165, 1.54) is 11.6 Å². The van der Waals surface area contributed by atoms with Crippen molar-refractivity contribution in [2.75, 3.05) is 0 Å². The molecular formula is C12H18O2. The average Bonchev–Trinajstić information content (AvgIpc) is 2.16. The van der Waals surface area contributed by atoms with Crippen LogP contribution in [0.2, 0.25) is 0 Å². The molecule has 14 heavy (non-hydrogen) atoms. The van der Waals surface area contributed by atoms with Gasteiger partial charge in [-0.15, -0.1) is 0 Å². The van der Waals surface area contributed by atoms with Gasteiger partial charge in [-0.05, 0) is 51.2 Å². The summed E-state index contributed by atoms with van der Waals surface area (Å²) in [5.74, 6) is 0.238. The van der Waals surface area contributed by atoms with Crippen LogP contribution in [-0.4, -0.2) is 17.0 Å². The fourth-order valence-corrected chi connectivity index (χ4v) is 1.87. The molecule has 0 radical (unpaired) electrons. The molecule has 0 aromatic heterocycles. The monoisotopic (exact) mass is 194 g/mol. The van der Waals surface area contributed by atoms with E-state index in [0.29, 0.717) is 6.29 Å². The van der Waals surface area contributed by atoms with Crippen molar-refractivity contribution in [1.29, 1.82) is 0 Å². The summed E-state index contributed by atoms with van der Waals surface area (Å²) in [6.07, 6.45) is 8.82. The maximum Gasteiger partial charge on any atom is 0.142 e. The van der Waals surface area contributed by atoms with Crippen molar-refractivity contribution in [3.05, 3.63) is 23.8 Å². The van der Waals surface area contributed by atoms with Crippen molar-refractivity contribution in [2.24, 2.45) is 5.92 Å². The first-order valence-corrected chi connectivity index (χ1v) is 5.07. The summed E-state index contributed by atoms with van der Waals surface area (Å²) in [4.78, 5) is 10.2. The van der Waals surface area contributed by atoms with Gasteiger partial charge < -0.3 is 5.11 Å². The Morgan fingerprint density at radius 2 is 2.36 bits per heavy atom. The Bertz CT molecular complexity index is 261. The first kappa shape index (κ1) is 11.2. The lowest BCUT2D eigenvalue weighted by atomic mass is 9.78. The Morgan fingerprint density at radius 3 is 2.86 bits per heavy atom. The molecule has 0 saturated heterocycles. The van der Waals surface area contributed by atoms with E-state index < -0.39 is 5.60 Å². The molecule has 0 amide bonds. The van der Waals surface area contributed by atoms with Crippen LogP contribution in [0.15, 0.2) is 23.8 Å². The molecule has 2 unspecified atom stereocenters. The van der Waals surface area contributed by atoms with Crippen molar-refractivity contribution in [1.82, 2.24) is 0 Å². The van der Waals surface area contributed by atoms with Gasteiger partial charge in [-0.2, -0.15) is 0 Å². The number of allylic oxidation sites excluding steroid dienone is 3. The highest BCUT2D eigenvalue weighted by molar-refractivity contribution is 5.65. The smallest absolute Gasteiger partial charge is 0.142 e. The molecule has 0 aliphatic heterocycles. The summed E-state index contributed by atoms with van der Waals surface area (Å²) in [6.45, 7) is 3.89. The highest BCUT2D eigenvalue weighted by Crippen LogP contribution is 2.32. The van der Waals surface area contributed by atoms with Crippen LogP contribution in [0, 0.1) is 5.92 Å². The summed E-state index contributed by atoms with van der Waals surface area (Å²) in [6, 6.07) is 0. The Hall–Kier alpha value is -0.890. The number of hydrogen-bond acceptors (Lipinski definition) is 2. The number of aldehydes is 1. The van der Waals surface area contributed by atoms with Gasteiger partial charge in [-0.1, -0.05) is 11.6 Å². The third-order valence-electron chi connectivity index (χ3n) is 2.98. The topological polar surface area (TPSA) is 37.3 Å². The molecular weight excluding hydrogens is 176 g/mol. The van der Waals surface area contributed by atoms with Crippen LogP contribution in [0.25, 0.3) is 0 Å². The second-order valence-corrected chi connectivity index (χ2v) is 4.24. The third-order valence-corrected chi connectivity index (χ3v) is 2.98. The molecule has 2 nitrogen and oxygen atoms in total. The van der Waals surface area contributed by atoms with Crippen LogP contribution < -0.4 is 0 Å². The van der Waals surface area contributed by atoms with Gasteiger partial charge in [0.05, 0.1) is 5.60 Å². The summed E-state index contributed by atoms with van der Waals surface area (Å²) < 4.78 is 0. The average molecular weight is 194 g/mol. The van der Waals surface area contributed by atoms with E-state index in [2.05, 4.69) is 13.0 Å². The predicted octanol–water partition coefficient (Wildman–Crippen LogP) is 2.24. The highest BCUT2D eigenvalue weighted by Gasteiger charge is 2.29. The molecule has 1 aliphatic rings. The number of carbonyl (C=O) groups excluding carboxylic acids is 1. The molecule has 1 N–H and O–H groups in total. The van der Waals surface area contributed by atoms with E-state index in [-0.39, 0.29) is 5.92 Å². The van der Waals surface area contributed by atoms with Gasteiger partial charge in [-0.25, -0.2) is 0 Å².